The van der Waals surface area contributed by atoms with Crippen molar-refractivity contribution in [2.75, 3.05) is 39.2 Å². The SMILES string of the molecule is COc1ccccc1CNC(=O)N(C)CCCN(C)c1nc2ccccc2n1Cc1ccc(F)cc1. The number of fused-ring (bicyclic) bond motifs is 1. The highest BCUT2D eigenvalue weighted by molar-refractivity contribution is 5.79. The minimum Gasteiger partial charge on any atom is -0.496 e. The van der Waals surface area contributed by atoms with Crippen LogP contribution in [-0.4, -0.2) is 54.8 Å². The number of halogens is 1. The summed E-state index contributed by atoms with van der Waals surface area (Å²) in [6.45, 7) is 2.31. The maximum absolute atomic E-state index is 13.4. The molecule has 8 heteroatoms. The molecule has 0 unspecified atom stereocenters. The van der Waals surface area contributed by atoms with Crippen LogP contribution in [-0.2, 0) is 13.1 Å². The predicted molar refractivity (Wildman–Crippen MR) is 141 cm³/mol. The summed E-state index contributed by atoms with van der Waals surface area (Å²) in [5.74, 6) is 1.34. The molecule has 0 saturated carbocycles. The first-order valence-electron chi connectivity index (χ1n) is 12.0. The maximum atomic E-state index is 13.4. The molecule has 0 aliphatic carbocycles. The van der Waals surface area contributed by atoms with Gasteiger partial charge in [-0.15, -0.1) is 0 Å². The van der Waals surface area contributed by atoms with Gasteiger partial charge in [0.1, 0.15) is 11.6 Å². The lowest BCUT2D eigenvalue weighted by molar-refractivity contribution is 0.208. The number of hydrogen-bond donors (Lipinski definition) is 1. The molecule has 0 fully saturated rings. The molecule has 0 radical (unpaired) electrons. The molecule has 3 aromatic carbocycles. The average Bonchev–Trinajstić information content (AvgIpc) is 3.27. The number of nitrogens with zero attached hydrogens (tertiary/aromatic N) is 4. The van der Waals surface area contributed by atoms with E-state index in [9.17, 15) is 9.18 Å². The molecule has 1 aromatic heterocycles. The summed E-state index contributed by atoms with van der Waals surface area (Å²) in [6, 6.07) is 22.1. The van der Waals surface area contributed by atoms with Gasteiger partial charge in [0.15, 0.2) is 0 Å². The Labute approximate surface area is 211 Å². The van der Waals surface area contributed by atoms with Crippen molar-refractivity contribution in [3.05, 3.63) is 89.7 Å². The fourth-order valence-electron chi connectivity index (χ4n) is 4.18. The Morgan fingerprint density at radius 3 is 2.50 bits per heavy atom. The van der Waals surface area contributed by atoms with Gasteiger partial charge in [-0.1, -0.05) is 42.5 Å². The Bertz CT molecular complexity index is 1310. The third-order valence-corrected chi connectivity index (χ3v) is 6.19. The van der Waals surface area contributed by atoms with Crippen molar-refractivity contribution in [2.45, 2.75) is 19.5 Å². The van der Waals surface area contributed by atoms with Crippen molar-refractivity contribution in [3.63, 3.8) is 0 Å². The molecule has 188 valence electrons. The first-order chi connectivity index (χ1) is 17.5. The Balaban J connectivity index is 1.36. The zero-order valence-electron chi connectivity index (χ0n) is 20.9. The van der Waals surface area contributed by atoms with E-state index in [-0.39, 0.29) is 11.8 Å². The van der Waals surface area contributed by atoms with Crippen molar-refractivity contribution >= 4 is 23.0 Å². The molecule has 36 heavy (non-hydrogen) atoms. The lowest BCUT2D eigenvalue weighted by Gasteiger charge is -2.23. The Morgan fingerprint density at radius 1 is 1.00 bits per heavy atom. The Hall–Kier alpha value is -4.07. The first-order valence-corrected chi connectivity index (χ1v) is 12.0. The van der Waals surface area contributed by atoms with E-state index in [0.717, 1.165) is 46.8 Å². The summed E-state index contributed by atoms with van der Waals surface area (Å²) < 4.78 is 20.9. The van der Waals surface area contributed by atoms with Crippen molar-refractivity contribution in [3.8, 4) is 5.75 Å². The van der Waals surface area contributed by atoms with Crippen molar-refractivity contribution in [1.29, 1.82) is 0 Å². The number of hydrogen-bond acceptors (Lipinski definition) is 4. The lowest BCUT2D eigenvalue weighted by Crippen LogP contribution is -2.38. The molecular formula is C28H32FN5O2. The van der Waals surface area contributed by atoms with Crippen LogP contribution in [0.15, 0.2) is 72.8 Å². The van der Waals surface area contributed by atoms with E-state index in [4.69, 9.17) is 9.72 Å². The molecule has 4 rings (SSSR count). The van der Waals surface area contributed by atoms with Crippen molar-refractivity contribution in [2.24, 2.45) is 0 Å². The normalized spacial score (nSPS) is 10.9. The van der Waals surface area contributed by atoms with E-state index in [0.29, 0.717) is 19.6 Å². The summed E-state index contributed by atoms with van der Waals surface area (Å²) in [4.78, 5) is 21.2. The molecule has 4 aromatic rings. The number of para-hydroxylation sites is 3. The van der Waals surface area contributed by atoms with Crippen LogP contribution in [0.25, 0.3) is 11.0 Å². The van der Waals surface area contributed by atoms with Crippen LogP contribution in [0.4, 0.5) is 15.1 Å². The Morgan fingerprint density at radius 2 is 1.72 bits per heavy atom. The van der Waals surface area contributed by atoms with Gasteiger partial charge in [0.2, 0.25) is 5.95 Å². The second-order valence-corrected chi connectivity index (χ2v) is 8.78. The molecule has 0 saturated heterocycles. The van der Waals surface area contributed by atoms with E-state index in [1.165, 1.54) is 12.1 Å². The summed E-state index contributed by atoms with van der Waals surface area (Å²) in [6.07, 6.45) is 0.773. The van der Waals surface area contributed by atoms with E-state index < -0.39 is 0 Å². The van der Waals surface area contributed by atoms with Gasteiger partial charge in [-0.3, -0.25) is 0 Å². The number of amides is 2. The number of benzene rings is 3. The molecule has 1 heterocycles. The molecule has 0 spiro atoms. The number of carbonyl (C=O) groups is 1. The quantitative estimate of drug-likeness (QED) is 0.344. The summed E-state index contributed by atoms with van der Waals surface area (Å²) in [5, 5.41) is 2.95. The van der Waals surface area contributed by atoms with E-state index in [1.807, 2.05) is 55.6 Å². The van der Waals surface area contributed by atoms with Crippen LogP contribution in [0, 0.1) is 5.82 Å². The number of anilines is 1. The monoisotopic (exact) mass is 489 g/mol. The zero-order chi connectivity index (χ0) is 25.5. The van der Waals surface area contributed by atoms with Crippen LogP contribution < -0.4 is 15.0 Å². The minimum absolute atomic E-state index is 0.132. The lowest BCUT2D eigenvalue weighted by atomic mass is 10.2. The number of ether oxygens (including phenoxy) is 1. The smallest absolute Gasteiger partial charge is 0.317 e. The second kappa shape index (κ2) is 11.6. The van der Waals surface area contributed by atoms with Crippen molar-refractivity contribution in [1.82, 2.24) is 19.8 Å². The molecular weight excluding hydrogens is 457 g/mol. The maximum Gasteiger partial charge on any atom is 0.317 e. The van der Waals surface area contributed by atoms with Gasteiger partial charge in [0.25, 0.3) is 0 Å². The van der Waals surface area contributed by atoms with Crippen LogP contribution >= 0.6 is 0 Å². The second-order valence-electron chi connectivity index (χ2n) is 8.78. The number of urea groups is 1. The largest absolute Gasteiger partial charge is 0.496 e. The van der Waals surface area contributed by atoms with Gasteiger partial charge in [-0.05, 0) is 42.3 Å². The fourth-order valence-corrected chi connectivity index (χ4v) is 4.18. The Kier molecular flexibility index (Phi) is 8.05. The summed E-state index contributed by atoms with van der Waals surface area (Å²) in [5.41, 5.74) is 3.87. The van der Waals surface area contributed by atoms with Gasteiger partial charge in [0.05, 0.1) is 24.7 Å². The predicted octanol–water partition coefficient (Wildman–Crippen LogP) is 4.90. The van der Waals surface area contributed by atoms with Crippen molar-refractivity contribution < 1.29 is 13.9 Å². The third-order valence-electron chi connectivity index (χ3n) is 6.19. The number of methoxy groups -OCH3 is 1. The van der Waals surface area contributed by atoms with Gasteiger partial charge >= 0.3 is 6.03 Å². The minimum atomic E-state index is -0.248. The number of nitrogens with one attached hydrogen (secondary N) is 1. The summed E-state index contributed by atoms with van der Waals surface area (Å²) >= 11 is 0. The zero-order valence-corrected chi connectivity index (χ0v) is 20.9. The highest BCUT2D eigenvalue weighted by Crippen LogP contribution is 2.24. The topological polar surface area (TPSA) is 62.6 Å². The summed E-state index contributed by atoms with van der Waals surface area (Å²) in [7, 11) is 5.42. The molecule has 0 aliphatic rings. The number of carbonyl (C=O) groups excluding carboxylic acids is 1. The van der Waals surface area contributed by atoms with E-state index >= 15 is 0 Å². The highest BCUT2D eigenvalue weighted by atomic mass is 19.1. The van der Waals surface area contributed by atoms with E-state index in [1.54, 1.807) is 31.2 Å². The fraction of sp³-hybridized carbons (Fsp3) is 0.286. The third kappa shape index (κ3) is 5.94. The van der Waals surface area contributed by atoms with E-state index in [2.05, 4.69) is 14.8 Å². The van der Waals surface area contributed by atoms with Gasteiger partial charge < -0.3 is 24.4 Å². The number of aromatic nitrogens is 2. The van der Waals surface area contributed by atoms with Crippen LogP contribution in [0.1, 0.15) is 17.5 Å². The van der Waals surface area contributed by atoms with Gasteiger partial charge in [0, 0.05) is 39.3 Å². The highest BCUT2D eigenvalue weighted by Gasteiger charge is 2.16. The molecule has 1 N–H and O–H groups in total. The number of rotatable bonds is 10. The molecule has 0 aliphatic heterocycles. The first kappa shape index (κ1) is 25.0. The molecule has 2 amide bonds. The molecule has 7 nitrogen and oxygen atoms in total. The standard InChI is InChI=1S/C28H32FN5O2/c1-32(17-8-18-33(2)28(35)30-19-22-9-4-7-12-26(22)36-3)27-31-24-10-5-6-11-25(24)34(27)20-21-13-15-23(29)16-14-21/h4-7,9-16H,8,17-20H2,1-3H3,(H,30,35). The average molecular weight is 490 g/mol. The van der Waals surface area contributed by atoms with Gasteiger partial charge in [-0.2, -0.15) is 0 Å². The van der Waals surface area contributed by atoms with Crippen LogP contribution in [0.3, 0.4) is 0 Å². The van der Waals surface area contributed by atoms with Gasteiger partial charge in [-0.25, -0.2) is 14.2 Å². The van der Waals surface area contributed by atoms with Crippen LogP contribution in [0.5, 0.6) is 5.75 Å². The number of imidazole rings is 1. The molecule has 0 bridgehead atoms. The molecule has 0 atom stereocenters. The van der Waals surface area contributed by atoms with Crippen LogP contribution in [0.2, 0.25) is 0 Å².